The van der Waals surface area contributed by atoms with Crippen LogP contribution >= 0.6 is 0 Å². The lowest BCUT2D eigenvalue weighted by atomic mass is 10.1. The Labute approximate surface area is 111 Å². The van der Waals surface area contributed by atoms with Crippen LogP contribution in [-0.4, -0.2) is 34.1 Å². The number of hydrogen-bond donors (Lipinski definition) is 4. The lowest BCUT2D eigenvalue weighted by Crippen LogP contribution is -2.37. The van der Waals surface area contributed by atoms with Gasteiger partial charge in [-0.05, 0) is 6.07 Å². The van der Waals surface area contributed by atoms with Gasteiger partial charge in [-0.25, -0.2) is 13.6 Å². The number of hydrogen-bond acceptors (Lipinski definition) is 4. The maximum atomic E-state index is 13.0. The smallest absolute Gasteiger partial charge is 0.337 e. The van der Waals surface area contributed by atoms with Crippen LogP contribution in [0.4, 0.5) is 14.5 Å². The molecular weight excluding hydrogens is 278 g/mol. The van der Waals surface area contributed by atoms with Crippen molar-refractivity contribution in [1.82, 2.24) is 0 Å². The third-order valence-electron chi connectivity index (χ3n) is 2.28. The van der Waals surface area contributed by atoms with E-state index in [1.54, 1.807) is 0 Å². The summed E-state index contributed by atoms with van der Waals surface area (Å²) in [5, 5.41) is 19.2. The average Bonchev–Trinajstić information content (AvgIpc) is 2.32. The zero-order valence-corrected chi connectivity index (χ0v) is 9.89. The normalized spacial score (nSPS) is 11.8. The van der Waals surface area contributed by atoms with Gasteiger partial charge in [0, 0.05) is 6.07 Å². The van der Waals surface area contributed by atoms with E-state index in [9.17, 15) is 23.2 Å². The lowest BCUT2D eigenvalue weighted by molar-refractivity contribution is -0.138. The van der Waals surface area contributed by atoms with E-state index in [0.717, 1.165) is 0 Å². The molecule has 0 radical (unpaired) electrons. The summed E-state index contributed by atoms with van der Waals surface area (Å²) in [6.07, 6.45) is -0.697. The Morgan fingerprint density at radius 2 is 1.75 bits per heavy atom. The van der Waals surface area contributed by atoms with Crippen LogP contribution < -0.4 is 11.1 Å². The number of aliphatic carboxylic acids is 1. The summed E-state index contributed by atoms with van der Waals surface area (Å²) in [5.74, 6) is -6.71. The first-order chi connectivity index (χ1) is 9.22. The molecule has 1 aromatic carbocycles. The molecule has 1 atom stereocenters. The van der Waals surface area contributed by atoms with E-state index >= 15 is 0 Å². The molecule has 0 saturated carbocycles. The average molecular weight is 288 g/mol. The van der Waals surface area contributed by atoms with Crippen molar-refractivity contribution in [2.75, 3.05) is 5.32 Å². The van der Waals surface area contributed by atoms with E-state index in [2.05, 4.69) is 0 Å². The van der Waals surface area contributed by atoms with Crippen molar-refractivity contribution < 1.29 is 33.4 Å². The van der Waals surface area contributed by atoms with Gasteiger partial charge < -0.3 is 21.3 Å². The summed E-state index contributed by atoms with van der Waals surface area (Å²) in [6.45, 7) is 0. The summed E-state index contributed by atoms with van der Waals surface area (Å²) in [6, 6.07) is -0.581. The molecule has 1 unspecified atom stereocenters. The number of nitrogens with one attached hydrogen (secondary N) is 1. The topological polar surface area (TPSA) is 130 Å². The van der Waals surface area contributed by atoms with Crippen molar-refractivity contribution >= 4 is 23.5 Å². The molecule has 1 aromatic rings. The van der Waals surface area contributed by atoms with Gasteiger partial charge in [-0.15, -0.1) is 0 Å². The minimum absolute atomic E-state index is 0.399. The molecule has 5 N–H and O–H groups in total. The molecule has 7 nitrogen and oxygen atoms in total. The first kappa shape index (κ1) is 15.5. The lowest BCUT2D eigenvalue weighted by Gasteiger charge is -2.12. The Kier molecular flexibility index (Phi) is 4.70. The molecule has 0 saturated heterocycles. The van der Waals surface area contributed by atoms with Gasteiger partial charge in [0.05, 0.1) is 23.7 Å². The van der Waals surface area contributed by atoms with E-state index < -0.39 is 53.2 Å². The fourth-order valence-electron chi connectivity index (χ4n) is 1.33. The highest BCUT2D eigenvalue weighted by Gasteiger charge is 2.21. The third-order valence-corrected chi connectivity index (χ3v) is 2.28. The molecule has 20 heavy (non-hydrogen) atoms. The van der Waals surface area contributed by atoms with Gasteiger partial charge in [0.15, 0.2) is 11.6 Å². The van der Waals surface area contributed by atoms with E-state index in [-0.39, 0.29) is 0 Å². The Morgan fingerprint density at radius 3 is 2.25 bits per heavy atom. The summed E-state index contributed by atoms with van der Waals surface area (Å²) in [4.78, 5) is 32.7. The Bertz CT molecular complexity index is 576. The summed E-state index contributed by atoms with van der Waals surface area (Å²) in [5.41, 5.74) is 4.06. The SMILES string of the molecule is NC(CC(=O)O)C(=O)Nc1cc(F)c(F)cc1C(=O)O. The number of anilines is 1. The monoisotopic (exact) mass is 288 g/mol. The van der Waals surface area contributed by atoms with Gasteiger partial charge in [0.2, 0.25) is 5.91 Å². The number of carbonyl (C=O) groups is 3. The first-order valence-corrected chi connectivity index (χ1v) is 5.23. The van der Waals surface area contributed by atoms with Crippen LogP contribution in [0.2, 0.25) is 0 Å². The molecule has 0 aliphatic rings. The van der Waals surface area contributed by atoms with Gasteiger partial charge in [-0.1, -0.05) is 0 Å². The largest absolute Gasteiger partial charge is 0.481 e. The second kappa shape index (κ2) is 6.06. The van der Waals surface area contributed by atoms with Gasteiger partial charge in [-0.3, -0.25) is 9.59 Å². The zero-order chi connectivity index (χ0) is 15.4. The van der Waals surface area contributed by atoms with Crippen LogP contribution in [-0.2, 0) is 9.59 Å². The minimum Gasteiger partial charge on any atom is -0.481 e. The minimum atomic E-state index is -1.59. The third kappa shape index (κ3) is 3.72. The highest BCUT2D eigenvalue weighted by atomic mass is 19.2. The maximum absolute atomic E-state index is 13.0. The van der Waals surface area contributed by atoms with Gasteiger partial charge in [0.25, 0.3) is 0 Å². The number of nitrogens with two attached hydrogens (primary N) is 1. The zero-order valence-electron chi connectivity index (χ0n) is 9.89. The standard InChI is InChI=1S/C11H10F2N2O5/c12-5-1-4(11(19)20)8(2-6(5)13)15-10(18)7(14)3-9(16)17/h1-2,7H,3,14H2,(H,15,18)(H,16,17)(H,19,20). The van der Waals surface area contributed by atoms with Crippen molar-refractivity contribution in [3.63, 3.8) is 0 Å². The summed E-state index contributed by atoms with van der Waals surface area (Å²) < 4.78 is 26.0. The molecule has 1 rings (SSSR count). The molecule has 0 aliphatic carbocycles. The molecule has 9 heteroatoms. The highest BCUT2D eigenvalue weighted by molar-refractivity contribution is 6.02. The van der Waals surface area contributed by atoms with Crippen molar-refractivity contribution in [2.45, 2.75) is 12.5 Å². The van der Waals surface area contributed by atoms with Gasteiger partial charge >= 0.3 is 11.9 Å². The number of benzene rings is 1. The second-order valence-electron chi connectivity index (χ2n) is 3.81. The van der Waals surface area contributed by atoms with E-state index in [4.69, 9.17) is 15.9 Å². The highest BCUT2D eigenvalue weighted by Crippen LogP contribution is 2.20. The number of amides is 1. The number of halogens is 2. The van der Waals surface area contributed by atoms with Crippen molar-refractivity contribution in [2.24, 2.45) is 5.73 Å². The molecule has 0 heterocycles. The molecule has 0 fully saturated rings. The molecular formula is C11H10F2N2O5. The fourth-order valence-corrected chi connectivity index (χ4v) is 1.33. The number of rotatable bonds is 5. The van der Waals surface area contributed by atoms with Gasteiger partial charge in [0.1, 0.15) is 0 Å². The first-order valence-electron chi connectivity index (χ1n) is 5.23. The Hall–Kier alpha value is -2.55. The molecule has 0 aromatic heterocycles. The summed E-state index contributed by atoms with van der Waals surface area (Å²) >= 11 is 0. The van der Waals surface area contributed by atoms with Crippen LogP contribution in [0.3, 0.4) is 0 Å². The number of carboxylic acid groups (broad SMARTS) is 2. The fraction of sp³-hybridized carbons (Fsp3) is 0.182. The molecule has 0 spiro atoms. The molecule has 108 valence electrons. The van der Waals surface area contributed by atoms with E-state index in [1.807, 2.05) is 5.32 Å². The van der Waals surface area contributed by atoms with Crippen LogP contribution in [0.5, 0.6) is 0 Å². The van der Waals surface area contributed by atoms with Gasteiger partial charge in [-0.2, -0.15) is 0 Å². The van der Waals surface area contributed by atoms with Crippen LogP contribution in [0.15, 0.2) is 12.1 Å². The number of carbonyl (C=O) groups excluding carboxylic acids is 1. The summed E-state index contributed by atoms with van der Waals surface area (Å²) in [7, 11) is 0. The Morgan fingerprint density at radius 1 is 1.20 bits per heavy atom. The van der Waals surface area contributed by atoms with Crippen LogP contribution in [0.1, 0.15) is 16.8 Å². The molecule has 0 bridgehead atoms. The van der Waals surface area contributed by atoms with Crippen LogP contribution in [0.25, 0.3) is 0 Å². The van der Waals surface area contributed by atoms with Crippen molar-refractivity contribution in [3.05, 3.63) is 29.3 Å². The quantitative estimate of drug-likeness (QED) is 0.620. The van der Waals surface area contributed by atoms with Crippen LogP contribution in [0, 0.1) is 11.6 Å². The second-order valence-corrected chi connectivity index (χ2v) is 3.81. The number of carboxylic acids is 2. The van der Waals surface area contributed by atoms with Crippen molar-refractivity contribution in [3.8, 4) is 0 Å². The predicted molar refractivity (Wildman–Crippen MR) is 62.2 cm³/mol. The molecule has 0 aliphatic heterocycles. The molecule has 1 amide bonds. The van der Waals surface area contributed by atoms with E-state index in [0.29, 0.717) is 12.1 Å². The Balaban J connectivity index is 3.02. The number of aromatic carboxylic acids is 1. The van der Waals surface area contributed by atoms with Crippen molar-refractivity contribution in [1.29, 1.82) is 0 Å². The predicted octanol–water partition coefficient (Wildman–Crippen LogP) is 0.403. The van der Waals surface area contributed by atoms with E-state index in [1.165, 1.54) is 0 Å². The maximum Gasteiger partial charge on any atom is 0.337 e.